The van der Waals surface area contributed by atoms with Crippen molar-refractivity contribution in [2.75, 3.05) is 0 Å². The Labute approximate surface area is 190 Å². The molecule has 0 heterocycles. The third-order valence-corrected chi connectivity index (χ3v) is 6.03. The van der Waals surface area contributed by atoms with Gasteiger partial charge in [-0.3, -0.25) is 20.2 Å². The molecule has 0 amide bonds. The second-order valence-electron chi connectivity index (χ2n) is 6.63. The highest BCUT2D eigenvalue weighted by Gasteiger charge is 2.14. The molecule has 0 saturated carbocycles. The molecule has 9 heteroatoms. The van der Waals surface area contributed by atoms with E-state index >= 15 is 0 Å². The molecule has 0 atom stereocenters. The highest BCUT2D eigenvalue weighted by Crippen LogP contribution is 2.31. The molecule has 0 aromatic heterocycles. The van der Waals surface area contributed by atoms with Gasteiger partial charge in [0.1, 0.15) is 0 Å². The molecule has 0 saturated heterocycles. The summed E-state index contributed by atoms with van der Waals surface area (Å²) in [6, 6.07) is 18.5. The lowest BCUT2D eigenvalue weighted by Crippen LogP contribution is -1.93. The smallest absolute Gasteiger partial charge is 0.311 e. The van der Waals surface area contributed by atoms with Crippen LogP contribution in [0, 0.1) is 20.2 Å². The van der Waals surface area contributed by atoms with Gasteiger partial charge in [-0.15, -0.1) is 11.8 Å². The summed E-state index contributed by atoms with van der Waals surface area (Å²) in [5, 5.41) is 31.7. The van der Waals surface area contributed by atoms with Crippen molar-refractivity contribution in [3.8, 4) is 5.75 Å². The number of phenolic OH excluding ortho intramolecular Hbond substituents is 1. The van der Waals surface area contributed by atoms with Gasteiger partial charge in [0.25, 0.3) is 5.69 Å². The lowest BCUT2D eigenvalue weighted by Gasteiger charge is -2.09. The van der Waals surface area contributed by atoms with Crippen molar-refractivity contribution in [1.29, 1.82) is 0 Å². The van der Waals surface area contributed by atoms with Crippen LogP contribution in [0.3, 0.4) is 0 Å². The summed E-state index contributed by atoms with van der Waals surface area (Å²) in [7, 11) is 0. The molecule has 3 rings (SSSR count). The van der Waals surface area contributed by atoms with Crippen LogP contribution in [-0.4, -0.2) is 15.0 Å². The maximum Gasteiger partial charge on any atom is 0.311 e. The molecule has 1 N–H and O–H groups in total. The molecule has 3 aromatic rings. The predicted octanol–water partition coefficient (Wildman–Crippen LogP) is 6.49. The molecular weight excluding hydrogens is 484 g/mol. The van der Waals surface area contributed by atoms with E-state index < -0.39 is 9.85 Å². The van der Waals surface area contributed by atoms with E-state index in [0.717, 1.165) is 20.5 Å². The van der Waals surface area contributed by atoms with Gasteiger partial charge < -0.3 is 5.11 Å². The van der Waals surface area contributed by atoms with Gasteiger partial charge in [-0.1, -0.05) is 46.3 Å². The van der Waals surface area contributed by atoms with Crippen molar-refractivity contribution in [3.05, 3.63) is 113 Å². The van der Waals surface area contributed by atoms with Crippen LogP contribution in [0.1, 0.15) is 16.7 Å². The Bertz CT molecular complexity index is 1130. The number of allylic oxidation sites excluding steroid dienone is 1. The van der Waals surface area contributed by atoms with E-state index in [9.17, 15) is 25.3 Å². The summed E-state index contributed by atoms with van der Waals surface area (Å²) >= 11 is 4.99. The first-order valence-electron chi connectivity index (χ1n) is 9.10. The Balaban J connectivity index is 1.88. The van der Waals surface area contributed by atoms with Crippen molar-refractivity contribution in [3.63, 3.8) is 0 Å². The molecule has 0 aliphatic carbocycles. The highest BCUT2D eigenvalue weighted by atomic mass is 79.9. The molecule has 158 valence electrons. The topological polar surface area (TPSA) is 107 Å². The lowest BCUT2D eigenvalue weighted by molar-refractivity contribution is -0.385. The van der Waals surface area contributed by atoms with Crippen LogP contribution in [-0.2, 0) is 12.2 Å². The molecule has 0 bridgehead atoms. The first-order valence-corrected chi connectivity index (χ1v) is 10.9. The van der Waals surface area contributed by atoms with Crippen LogP contribution < -0.4 is 0 Å². The zero-order chi connectivity index (χ0) is 22.4. The van der Waals surface area contributed by atoms with Crippen molar-refractivity contribution in [1.82, 2.24) is 0 Å². The number of aromatic hydroxyl groups is 1. The summed E-state index contributed by atoms with van der Waals surface area (Å²) < 4.78 is 0.985. The highest BCUT2D eigenvalue weighted by molar-refractivity contribution is 9.10. The number of hydrogen-bond acceptors (Lipinski definition) is 6. The molecule has 31 heavy (non-hydrogen) atoms. The third kappa shape index (κ3) is 6.40. The van der Waals surface area contributed by atoms with E-state index in [2.05, 4.69) is 15.9 Å². The van der Waals surface area contributed by atoms with Crippen LogP contribution >= 0.6 is 27.7 Å². The molecule has 7 nitrogen and oxygen atoms in total. The minimum absolute atomic E-state index is 0.0194. The Kier molecular flexibility index (Phi) is 7.43. The molecule has 0 unspecified atom stereocenters. The van der Waals surface area contributed by atoms with Crippen molar-refractivity contribution in [2.45, 2.75) is 12.2 Å². The van der Waals surface area contributed by atoms with Gasteiger partial charge in [0, 0.05) is 34.8 Å². The van der Waals surface area contributed by atoms with E-state index in [-0.39, 0.29) is 17.1 Å². The van der Waals surface area contributed by atoms with Gasteiger partial charge >= 0.3 is 5.69 Å². The van der Waals surface area contributed by atoms with Crippen LogP contribution in [0.2, 0.25) is 0 Å². The second kappa shape index (κ2) is 10.2. The van der Waals surface area contributed by atoms with E-state index in [1.807, 2.05) is 30.3 Å². The SMILES string of the molecule is O=[N+]([O-])c1ccc(C/C(=C\c2ccc(O)c([N+](=O)[O-])c2)SCc2ccc(Br)cc2)cc1. The van der Waals surface area contributed by atoms with Crippen LogP contribution in [0.4, 0.5) is 11.4 Å². The van der Waals surface area contributed by atoms with Crippen LogP contribution in [0.5, 0.6) is 5.75 Å². The standard InChI is InChI=1S/C22H17BrN2O5S/c23-18-6-1-16(2-7-18)14-31-20(11-15-3-8-19(9-4-15)24(27)28)12-17-5-10-22(26)21(13-17)25(29)30/h1-10,12-13,26H,11,14H2/b20-12+. The monoisotopic (exact) mass is 500 g/mol. The molecule has 0 radical (unpaired) electrons. The van der Waals surface area contributed by atoms with Crippen molar-refractivity contribution >= 4 is 45.1 Å². The van der Waals surface area contributed by atoms with E-state index in [0.29, 0.717) is 17.7 Å². The predicted molar refractivity (Wildman–Crippen MR) is 125 cm³/mol. The Morgan fingerprint density at radius 2 is 1.58 bits per heavy atom. The fourth-order valence-electron chi connectivity index (χ4n) is 2.80. The average Bonchev–Trinajstić information content (AvgIpc) is 2.74. The van der Waals surface area contributed by atoms with E-state index in [4.69, 9.17) is 0 Å². The minimum Gasteiger partial charge on any atom is -0.502 e. The maximum absolute atomic E-state index is 11.1. The largest absolute Gasteiger partial charge is 0.502 e. The summed E-state index contributed by atoms with van der Waals surface area (Å²) in [6.45, 7) is 0. The fraction of sp³-hybridized carbons (Fsp3) is 0.0909. The van der Waals surface area contributed by atoms with Crippen molar-refractivity contribution < 1.29 is 15.0 Å². The number of nitro benzene ring substituents is 2. The van der Waals surface area contributed by atoms with Crippen LogP contribution in [0.25, 0.3) is 6.08 Å². The number of rotatable bonds is 8. The minimum atomic E-state index is -0.627. The number of nitrogens with zero attached hydrogens (tertiary/aromatic N) is 2. The number of nitro groups is 2. The average molecular weight is 501 g/mol. The number of benzene rings is 3. The van der Waals surface area contributed by atoms with Gasteiger partial charge in [-0.05, 0) is 45.9 Å². The zero-order valence-corrected chi connectivity index (χ0v) is 18.5. The fourth-order valence-corrected chi connectivity index (χ4v) is 4.10. The van der Waals surface area contributed by atoms with Gasteiger partial charge in [-0.25, -0.2) is 0 Å². The number of thioether (sulfide) groups is 1. The number of phenols is 1. The number of halogens is 1. The van der Waals surface area contributed by atoms with Gasteiger partial charge in [0.2, 0.25) is 0 Å². The molecule has 0 spiro atoms. The second-order valence-corrected chi connectivity index (χ2v) is 8.65. The summed E-state index contributed by atoms with van der Waals surface area (Å²) in [5.41, 5.74) is 2.24. The molecule has 3 aromatic carbocycles. The molecular formula is C22H17BrN2O5S. The summed E-state index contributed by atoms with van der Waals surface area (Å²) in [6.07, 6.45) is 2.34. The third-order valence-electron chi connectivity index (χ3n) is 4.39. The summed E-state index contributed by atoms with van der Waals surface area (Å²) in [5.74, 6) is 0.299. The lowest BCUT2D eigenvalue weighted by atomic mass is 10.1. The normalized spacial score (nSPS) is 11.3. The maximum atomic E-state index is 11.1. The Morgan fingerprint density at radius 1 is 0.935 bits per heavy atom. The van der Waals surface area contributed by atoms with Gasteiger partial charge in [0.15, 0.2) is 5.75 Å². The van der Waals surface area contributed by atoms with E-state index in [1.165, 1.54) is 24.3 Å². The number of hydrogen-bond donors (Lipinski definition) is 1. The zero-order valence-electron chi connectivity index (χ0n) is 16.1. The van der Waals surface area contributed by atoms with E-state index in [1.54, 1.807) is 30.0 Å². The summed E-state index contributed by atoms with van der Waals surface area (Å²) in [4.78, 5) is 21.9. The first kappa shape index (κ1) is 22.5. The van der Waals surface area contributed by atoms with Gasteiger partial charge in [0.05, 0.1) is 9.85 Å². The van der Waals surface area contributed by atoms with Gasteiger partial charge in [-0.2, -0.15) is 0 Å². The molecule has 0 fully saturated rings. The van der Waals surface area contributed by atoms with Crippen molar-refractivity contribution in [2.24, 2.45) is 0 Å². The molecule has 0 aliphatic heterocycles. The quantitative estimate of drug-likeness (QED) is 0.279. The van der Waals surface area contributed by atoms with Crippen LogP contribution in [0.15, 0.2) is 76.1 Å². The Hall–Kier alpha value is -3.17. The number of non-ortho nitro benzene ring substituents is 1. The first-order chi connectivity index (χ1) is 14.8. The Morgan fingerprint density at radius 3 is 2.19 bits per heavy atom. The molecule has 0 aliphatic rings.